The van der Waals surface area contributed by atoms with E-state index in [2.05, 4.69) is 17.4 Å². The second-order valence-corrected chi connectivity index (χ2v) is 6.01. The summed E-state index contributed by atoms with van der Waals surface area (Å²) in [5.74, 6) is 0.736. The number of nitrogens with zero attached hydrogens (tertiary/aromatic N) is 1. The molecule has 4 heteroatoms. The summed E-state index contributed by atoms with van der Waals surface area (Å²) >= 11 is 0. The number of nitrogens with one attached hydrogen (secondary N) is 1. The summed E-state index contributed by atoms with van der Waals surface area (Å²) in [4.78, 5) is 0. The molecule has 0 unspecified atom stereocenters. The lowest BCUT2D eigenvalue weighted by Gasteiger charge is -2.20. The molecule has 1 aromatic carbocycles. The molecule has 0 aliphatic heterocycles. The highest BCUT2D eigenvalue weighted by Crippen LogP contribution is 2.32. The van der Waals surface area contributed by atoms with Gasteiger partial charge in [-0.15, -0.1) is 0 Å². The molecule has 1 aliphatic carbocycles. The first-order valence-electron chi connectivity index (χ1n) is 7.50. The van der Waals surface area contributed by atoms with Crippen LogP contribution in [0.5, 0.6) is 0 Å². The molecule has 1 heterocycles. The number of aromatic nitrogens is 1. The summed E-state index contributed by atoms with van der Waals surface area (Å²) in [5.41, 5.74) is 4.51. The quantitative estimate of drug-likeness (QED) is 0.933. The van der Waals surface area contributed by atoms with Crippen molar-refractivity contribution in [2.45, 2.75) is 52.1 Å². The first-order chi connectivity index (χ1) is 10.0. The molecule has 2 atom stereocenters. The third-order valence-electron chi connectivity index (χ3n) is 4.36. The van der Waals surface area contributed by atoms with E-state index in [-0.39, 0.29) is 11.9 Å². The minimum Gasteiger partial charge on any atom is -0.361 e. The van der Waals surface area contributed by atoms with Crippen molar-refractivity contribution in [3.63, 3.8) is 0 Å². The maximum absolute atomic E-state index is 13.4. The van der Waals surface area contributed by atoms with Crippen molar-refractivity contribution in [1.82, 2.24) is 10.5 Å². The molecule has 21 heavy (non-hydrogen) atoms. The molecule has 1 N–H and O–H groups in total. The zero-order valence-corrected chi connectivity index (χ0v) is 12.7. The van der Waals surface area contributed by atoms with Crippen LogP contribution in [0, 0.1) is 19.7 Å². The van der Waals surface area contributed by atoms with Gasteiger partial charge in [-0.1, -0.05) is 11.2 Å². The van der Waals surface area contributed by atoms with Gasteiger partial charge in [0, 0.05) is 17.6 Å². The van der Waals surface area contributed by atoms with E-state index in [0.29, 0.717) is 6.04 Å². The smallest absolute Gasteiger partial charge is 0.137 e. The van der Waals surface area contributed by atoms with Gasteiger partial charge in [-0.05, 0) is 63.3 Å². The molecule has 0 saturated carbocycles. The predicted octanol–water partition coefficient (Wildman–Crippen LogP) is 3.64. The predicted molar refractivity (Wildman–Crippen MR) is 79.7 cm³/mol. The van der Waals surface area contributed by atoms with Crippen LogP contribution >= 0.6 is 0 Å². The van der Waals surface area contributed by atoms with Crippen LogP contribution in [0.15, 0.2) is 22.7 Å². The molecule has 0 radical (unpaired) electrons. The van der Waals surface area contributed by atoms with Crippen molar-refractivity contribution < 1.29 is 8.91 Å². The van der Waals surface area contributed by atoms with Crippen molar-refractivity contribution in [3.05, 3.63) is 52.2 Å². The fourth-order valence-corrected chi connectivity index (χ4v) is 3.25. The Morgan fingerprint density at radius 2 is 2.24 bits per heavy atom. The van der Waals surface area contributed by atoms with Gasteiger partial charge in [0.1, 0.15) is 11.6 Å². The molecule has 2 aromatic rings. The largest absolute Gasteiger partial charge is 0.361 e. The molecule has 0 spiro atoms. The average Bonchev–Trinajstić information content (AvgIpc) is 2.97. The van der Waals surface area contributed by atoms with E-state index >= 15 is 0 Å². The number of hydrogen-bond acceptors (Lipinski definition) is 3. The van der Waals surface area contributed by atoms with Crippen molar-refractivity contribution >= 4 is 0 Å². The maximum atomic E-state index is 13.4. The van der Waals surface area contributed by atoms with E-state index in [1.165, 1.54) is 11.1 Å². The number of halogens is 1. The van der Waals surface area contributed by atoms with Crippen LogP contribution in [0.3, 0.4) is 0 Å². The van der Waals surface area contributed by atoms with E-state index in [0.717, 1.165) is 36.3 Å². The molecular weight excluding hydrogens is 267 g/mol. The highest BCUT2D eigenvalue weighted by molar-refractivity contribution is 5.35. The van der Waals surface area contributed by atoms with Gasteiger partial charge in [-0.3, -0.25) is 0 Å². The van der Waals surface area contributed by atoms with E-state index < -0.39 is 0 Å². The Kier molecular flexibility index (Phi) is 3.81. The molecule has 0 fully saturated rings. The first-order valence-corrected chi connectivity index (χ1v) is 7.50. The van der Waals surface area contributed by atoms with Crippen LogP contribution in [0.4, 0.5) is 4.39 Å². The lowest BCUT2D eigenvalue weighted by Crippen LogP contribution is -2.31. The lowest BCUT2D eigenvalue weighted by molar-refractivity contribution is 0.390. The summed E-state index contributed by atoms with van der Waals surface area (Å²) in [7, 11) is 0. The topological polar surface area (TPSA) is 38.1 Å². The van der Waals surface area contributed by atoms with Gasteiger partial charge in [-0.2, -0.15) is 0 Å². The molecule has 1 aliphatic rings. The van der Waals surface area contributed by atoms with Crippen LogP contribution in [0.25, 0.3) is 0 Å². The van der Waals surface area contributed by atoms with Crippen LogP contribution in [0.1, 0.15) is 47.5 Å². The minimum atomic E-state index is -0.152. The van der Waals surface area contributed by atoms with Gasteiger partial charge in [0.15, 0.2) is 0 Å². The van der Waals surface area contributed by atoms with Crippen LogP contribution in [-0.2, 0) is 12.8 Å². The third kappa shape index (κ3) is 2.86. The van der Waals surface area contributed by atoms with Crippen LogP contribution < -0.4 is 5.32 Å². The summed E-state index contributed by atoms with van der Waals surface area (Å²) in [6.45, 7) is 6.07. The fourth-order valence-electron chi connectivity index (χ4n) is 3.25. The summed E-state index contributed by atoms with van der Waals surface area (Å²) in [5, 5.41) is 7.62. The number of rotatable bonds is 4. The summed E-state index contributed by atoms with van der Waals surface area (Å²) < 4.78 is 18.6. The van der Waals surface area contributed by atoms with E-state index in [1.807, 2.05) is 19.9 Å². The van der Waals surface area contributed by atoms with E-state index in [1.54, 1.807) is 12.1 Å². The van der Waals surface area contributed by atoms with Gasteiger partial charge in [0.25, 0.3) is 0 Å². The molecule has 0 bridgehead atoms. The Morgan fingerprint density at radius 1 is 1.43 bits per heavy atom. The van der Waals surface area contributed by atoms with Gasteiger partial charge in [-0.25, -0.2) is 4.39 Å². The Bertz CT molecular complexity index is 631. The van der Waals surface area contributed by atoms with E-state index in [4.69, 9.17) is 4.52 Å². The number of hydrogen-bond donors (Lipinski definition) is 1. The molecule has 3 rings (SSSR count). The van der Waals surface area contributed by atoms with Crippen molar-refractivity contribution in [2.24, 2.45) is 0 Å². The van der Waals surface area contributed by atoms with Gasteiger partial charge >= 0.3 is 0 Å². The zero-order chi connectivity index (χ0) is 15.0. The first kappa shape index (κ1) is 14.3. The van der Waals surface area contributed by atoms with Gasteiger partial charge < -0.3 is 9.84 Å². The Balaban J connectivity index is 1.70. The summed E-state index contributed by atoms with van der Waals surface area (Å²) in [6.07, 6.45) is 2.93. The molecule has 112 valence electrons. The second-order valence-electron chi connectivity index (χ2n) is 6.01. The monoisotopic (exact) mass is 288 g/mol. The van der Waals surface area contributed by atoms with Crippen LogP contribution in [-0.4, -0.2) is 11.2 Å². The fraction of sp³-hybridized carbons (Fsp3) is 0.471. The maximum Gasteiger partial charge on any atom is 0.137 e. The Morgan fingerprint density at radius 3 is 2.95 bits per heavy atom. The lowest BCUT2D eigenvalue weighted by atomic mass is 10.0. The highest BCUT2D eigenvalue weighted by atomic mass is 19.1. The number of benzene rings is 1. The van der Waals surface area contributed by atoms with E-state index in [9.17, 15) is 4.39 Å². The average molecular weight is 288 g/mol. The SMILES string of the molecule is Cc1noc(C)c1C[C@@H](C)N[C@H]1CCc2ccc(F)cc21. The third-order valence-corrected chi connectivity index (χ3v) is 4.36. The second kappa shape index (κ2) is 5.60. The molecule has 0 saturated heterocycles. The van der Waals surface area contributed by atoms with Crippen molar-refractivity contribution in [1.29, 1.82) is 0 Å². The van der Waals surface area contributed by atoms with Crippen molar-refractivity contribution in [3.8, 4) is 0 Å². The molecular formula is C17H21FN2O. The zero-order valence-electron chi connectivity index (χ0n) is 12.7. The van der Waals surface area contributed by atoms with Gasteiger partial charge in [0.05, 0.1) is 5.69 Å². The standard InChI is InChI=1S/C17H21FN2O/c1-10(8-15-11(2)20-21-12(15)3)19-17-7-5-13-4-6-14(18)9-16(13)17/h4,6,9-10,17,19H,5,7-8H2,1-3H3/t10-,17+/m1/s1. The summed E-state index contributed by atoms with van der Waals surface area (Å²) in [6, 6.07) is 5.66. The van der Waals surface area contributed by atoms with Gasteiger partial charge in [0.2, 0.25) is 0 Å². The minimum absolute atomic E-state index is 0.152. The molecule has 3 nitrogen and oxygen atoms in total. The molecule has 0 amide bonds. The Labute approximate surface area is 124 Å². The number of aryl methyl sites for hydroxylation is 3. The Hall–Kier alpha value is -1.68. The number of fused-ring (bicyclic) bond motifs is 1. The normalized spacial score (nSPS) is 18.8. The van der Waals surface area contributed by atoms with Crippen molar-refractivity contribution in [2.75, 3.05) is 0 Å². The van der Waals surface area contributed by atoms with Crippen LogP contribution in [0.2, 0.25) is 0 Å². The molecule has 1 aromatic heterocycles. The highest BCUT2D eigenvalue weighted by Gasteiger charge is 2.24.